The second-order valence-electron chi connectivity index (χ2n) is 6.45. The highest BCUT2D eigenvalue weighted by atomic mass is 16.5. The first-order chi connectivity index (χ1) is 12.3. The quantitative estimate of drug-likeness (QED) is 0.840. The van der Waals surface area contributed by atoms with Crippen molar-refractivity contribution < 1.29 is 9.53 Å². The zero-order chi connectivity index (χ0) is 17.5. The van der Waals surface area contributed by atoms with Gasteiger partial charge in [-0.1, -0.05) is 43.3 Å². The molecule has 0 aromatic heterocycles. The molecule has 1 atom stereocenters. The van der Waals surface area contributed by atoms with E-state index in [4.69, 9.17) is 4.74 Å². The first-order valence-electron chi connectivity index (χ1n) is 9.06. The van der Waals surface area contributed by atoms with E-state index in [1.165, 1.54) is 0 Å². The molecule has 4 nitrogen and oxygen atoms in total. The summed E-state index contributed by atoms with van der Waals surface area (Å²) in [6, 6.07) is 17.9. The van der Waals surface area contributed by atoms with Crippen molar-refractivity contribution in [1.82, 2.24) is 10.2 Å². The molecule has 132 valence electrons. The predicted molar refractivity (Wildman–Crippen MR) is 99.8 cm³/mol. The van der Waals surface area contributed by atoms with Gasteiger partial charge in [-0.3, -0.25) is 4.79 Å². The van der Waals surface area contributed by atoms with Gasteiger partial charge in [0.15, 0.2) is 0 Å². The number of rotatable bonds is 7. The van der Waals surface area contributed by atoms with E-state index in [2.05, 4.69) is 12.2 Å². The van der Waals surface area contributed by atoms with Crippen molar-refractivity contribution in [2.75, 3.05) is 19.6 Å². The van der Waals surface area contributed by atoms with E-state index < -0.39 is 0 Å². The molecule has 4 heteroatoms. The molecule has 1 saturated heterocycles. The van der Waals surface area contributed by atoms with Crippen molar-refractivity contribution in [2.24, 2.45) is 0 Å². The van der Waals surface area contributed by atoms with Crippen molar-refractivity contribution >= 4 is 5.91 Å². The summed E-state index contributed by atoms with van der Waals surface area (Å²) >= 11 is 0. The van der Waals surface area contributed by atoms with Gasteiger partial charge in [-0.2, -0.15) is 0 Å². The Morgan fingerprint density at radius 3 is 2.76 bits per heavy atom. The van der Waals surface area contributed by atoms with Crippen LogP contribution in [0.4, 0.5) is 0 Å². The van der Waals surface area contributed by atoms with E-state index in [-0.39, 0.29) is 5.91 Å². The Hall–Kier alpha value is -2.33. The molecular weight excluding hydrogens is 312 g/mol. The summed E-state index contributed by atoms with van der Waals surface area (Å²) in [6.45, 7) is 5.28. The Morgan fingerprint density at radius 2 is 2.04 bits per heavy atom. The molecule has 1 heterocycles. The Kier molecular flexibility index (Phi) is 6.07. The van der Waals surface area contributed by atoms with Crippen LogP contribution in [0.5, 0.6) is 5.75 Å². The summed E-state index contributed by atoms with van der Waals surface area (Å²) in [7, 11) is 0. The summed E-state index contributed by atoms with van der Waals surface area (Å²) in [5.41, 5.74) is 1.81. The van der Waals surface area contributed by atoms with Gasteiger partial charge in [0.05, 0.1) is 0 Å². The monoisotopic (exact) mass is 338 g/mol. The van der Waals surface area contributed by atoms with E-state index in [9.17, 15) is 4.79 Å². The molecule has 1 aliphatic heterocycles. The van der Waals surface area contributed by atoms with Crippen LogP contribution >= 0.6 is 0 Å². The molecule has 2 aromatic carbocycles. The van der Waals surface area contributed by atoms with Crippen LogP contribution in [0, 0.1) is 0 Å². The lowest BCUT2D eigenvalue weighted by molar-refractivity contribution is 0.0691. The SMILES string of the molecule is CCCN(C(=O)c1cccc(OCc2ccccc2)c1)C1CCNC1. The van der Waals surface area contributed by atoms with Gasteiger partial charge in [0, 0.05) is 24.7 Å². The molecular formula is C21H26N2O2. The second-order valence-corrected chi connectivity index (χ2v) is 6.45. The van der Waals surface area contributed by atoms with Crippen LogP contribution < -0.4 is 10.1 Å². The minimum atomic E-state index is 0.0979. The smallest absolute Gasteiger partial charge is 0.254 e. The fraction of sp³-hybridized carbons (Fsp3) is 0.381. The molecule has 1 aliphatic rings. The molecule has 0 spiro atoms. The van der Waals surface area contributed by atoms with Gasteiger partial charge in [-0.05, 0) is 43.1 Å². The van der Waals surface area contributed by atoms with Gasteiger partial charge in [-0.15, -0.1) is 0 Å². The highest BCUT2D eigenvalue weighted by Crippen LogP contribution is 2.19. The predicted octanol–water partition coefficient (Wildman–Crippen LogP) is 3.48. The Balaban J connectivity index is 1.69. The van der Waals surface area contributed by atoms with Gasteiger partial charge in [0.25, 0.3) is 5.91 Å². The number of amides is 1. The van der Waals surface area contributed by atoms with E-state index in [0.717, 1.165) is 43.8 Å². The normalized spacial score (nSPS) is 16.6. The topological polar surface area (TPSA) is 41.6 Å². The lowest BCUT2D eigenvalue weighted by atomic mass is 10.1. The number of nitrogens with one attached hydrogen (secondary N) is 1. The summed E-state index contributed by atoms with van der Waals surface area (Å²) in [6.07, 6.45) is 1.99. The maximum Gasteiger partial charge on any atom is 0.254 e. The average molecular weight is 338 g/mol. The number of carbonyl (C=O) groups is 1. The first-order valence-corrected chi connectivity index (χ1v) is 9.06. The minimum absolute atomic E-state index is 0.0979. The van der Waals surface area contributed by atoms with Gasteiger partial charge in [-0.25, -0.2) is 0 Å². The van der Waals surface area contributed by atoms with Crippen LogP contribution in [0.2, 0.25) is 0 Å². The molecule has 0 saturated carbocycles. The lowest BCUT2D eigenvalue weighted by Gasteiger charge is -2.28. The van der Waals surface area contributed by atoms with Crippen LogP contribution in [-0.4, -0.2) is 36.5 Å². The van der Waals surface area contributed by atoms with Crippen LogP contribution in [0.15, 0.2) is 54.6 Å². The minimum Gasteiger partial charge on any atom is -0.489 e. The molecule has 1 N–H and O–H groups in total. The molecule has 0 aliphatic carbocycles. The van der Waals surface area contributed by atoms with Gasteiger partial charge in [0.2, 0.25) is 0 Å². The molecule has 0 bridgehead atoms. The summed E-state index contributed by atoms with van der Waals surface area (Å²) in [4.78, 5) is 15.0. The molecule has 2 aromatic rings. The molecule has 0 radical (unpaired) electrons. The second kappa shape index (κ2) is 8.67. The fourth-order valence-electron chi connectivity index (χ4n) is 3.22. The van der Waals surface area contributed by atoms with E-state index >= 15 is 0 Å². The number of hydrogen-bond acceptors (Lipinski definition) is 3. The largest absolute Gasteiger partial charge is 0.489 e. The summed E-state index contributed by atoms with van der Waals surface area (Å²) < 4.78 is 5.86. The highest BCUT2D eigenvalue weighted by molar-refractivity contribution is 5.94. The van der Waals surface area contributed by atoms with E-state index in [0.29, 0.717) is 18.2 Å². The summed E-state index contributed by atoms with van der Waals surface area (Å²) in [5.74, 6) is 0.830. The average Bonchev–Trinajstić information content (AvgIpc) is 3.19. The number of ether oxygens (including phenoxy) is 1. The number of carbonyl (C=O) groups excluding carboxylic acids is 1. The Bertz CT molecular complexity index is 681. The fourth-order valence-corrected chi connectivity index (χ4v) is 3.22. The van der Waals surface area contributed by atoms with Crippen LogP contribution in [0.25, 0.3) is 0 Å². The van der Waals surface area contributed by atoms with Crippen molar-refractivity contribution in [3.05, 3.63) is 65.7 Å². The van der Waals surface area contributed by atoms with Gasteiger partial charge >= 0.3 is 0 Å². The number of hydrogen-bond donors (Lipinski definition) is 1. The highest BCUT2D eigenvalue weighted by Gasteiger charge is 2.26. The molecule has 3 rings (SSSR count). The number of nitrogens with zero attached hydrogens (tertiary/aromatic N) is 1. The Morgan fingerprint density at radius 1 is 1.20 bits per heavy atom. The van der Waals surface area contributed by atoms with Crippen LogP contribution in [0.3, 0.4) is 0 Å². The molecule has 1 fully saturated rings. The van der Waals surface area contributed by atoms with Gasteiger partial charge < -0.3 is 15.0 Å². The summed E-state index contributed by atoms with van der Waals surface area (Å²) in [5, 5.41) is 3.35. The van der Waals surface area contributed by atoms with Crippen molar-refractivity contribution in [1.29, 1.82) is 0 Å². The van der Waals surface area contributed by atoms with E-state index in [1.807, 2.05) is 59.5 Å². The van der Waals surface area contributed by atoms with Crippen LogP contribution in [0.1, 0.15) is 35.7 Å². The zero-order valence-electron chi connectivity index (χ0n) is 14.8. The maximum atomic E-state index is 13.0. The maximum absolute atomic E-state index is 13.0. The molecule has 25 heavy (non-hydrogen) atoms. The standard InChI is InChI=1S/C21H26N2O2/c1-2-13-23(19-11-12-22-15-19)21(24)18-9-6-10-20(14-18)25-16-17-7-4-3-5-8-17/h3-10,14,19,22H,2,11-13,15-16H2,1H3. The third-order valence-electron chi connectivity index (χ3n) is 4.53. The van der Waals surface area contributed by atoms with Crippen molar-refractivity contribution in [2.45, 2.75) is 32.4 Å². The Labute approximate surface area is 149 Å². The third-order valence-corrected chi connectivity index (χ3v) is 4.53. The first kappa shape index (κ1) is 17.5. The lowest BCUT2D eigenvalue weighted by Crippen LogP contribution is -2.42. The van der Waals surface area contributed by atoms with Crippen molar-refractivity contribution in [3.8, 4) is 5.75 Å². The van der Waals surface area contributed by atoms with Crippen LogP contribution in [-0.2, 0) is 6.61 Å². The zero-order valence-corrected chi connectivity index (χ0v) is 14.8. The van der Waals surface area contributed by atoms with Crippen molar-refractivity contribution in [3.63, 3.8) is 0 Å². The van der Waals surface area contributed by atoms with E-state index in [1.54, 1.807) is 0 Å². The van der Waals surface area contributed by atoms with Gasteiger partial charge in [0.1, 0.15) is 12.4 Å². The third kappa shape index (κ3) is 4.60. The molecule has 1 unspecified atom stereocenters. The molecule has 1 amide bonds. The number of benzene rings is 2.